The molecule has 0 fully saturated rings. The van der Waals surface area contributed by atoms with Crippen LogP contribution in [0.3, 0.4) is 0 Å². The van der Waals surface area contributed by atoms with Crippen LogP contribution in [0.15, 0.2) is 48.5 Å². The average Bonchev–Trinajstić information content (AvgIpc) is 2.87. The van der Waals surface area contributed by atoms with Crippen LogP contribution in [0.4, 0.5) is 0 Å². The van der Waals surface area contributed by atoms with Gasteiger partial charge in [0.05, 0.1) is 6.04 Å². The van der Waals surface area contributed by atoms with E-state index in [-0.39, 0.29) is 36.0 Å². The molecule has 0 unspecified atom stereocenters. The van der Waals surface area contributed by atoms with Gasteiger partial charge in [-0.3, -0.25) is 14.4 Å². The SMILES string of the molecule is CC(C)[C@H](N)C(=O)N[C@@H](Cc1ccc(O)cc1)C(=O)N[C@@H](Cc1ccc(O)cc1)C(=O)N[C@@H](CS)C(=O)O. The van der Waals surface area contributed by atoms with Gasteiger partial charge in [0.15, 0.2) is 0 Å². The molecular weight excluding hydrogens is 512 g/mol. The number of carbonyl (C=O) groups excluding carboxylic acids is 3. The second-order valence-corrected chi connectivity index (χ2v) is 9.58. The van der Waals surface area contributed by atoms with Crippen molar-refractivity contribution in [1.82, 2.24) is 16.0 Å². The largest absolute Gasteiger partial charge is 0.508 e. The summed E-state index contributed by atoms with van der Waals surface area (Å²) in [4.78, 5) is 50.6. The van der Waals surface area contributed by atoms with E-state index in [4.69, 9.17) is 5.73 Å². The molecule has 38 heavy (non-hydrogen) atoms. The molecule has 4 atom stereocenters. The second kappa shape index (κ2) is 14.2. The maximum absolute atomic E-state index is 13.4. The van der Waals surface area contributed by atoms with Crippen molar-refractivity contribution >= 4 is 36.3 Å². The van der Waals surface area contributed by atoms with E-state index in [0.29, 0.717) is 11.1 Å². The third kappa shape index (κ3) is 9.27. The number of nitrogens with one attached hydrogen (secondary N) is 3. The van der Waals surface area contributed by atoms with Crippen molar-refractivity contribution in [2.24, 2.45) is 11.7 Å². The maximum atomic E-state index is 13.4. The van der Waals surface area contributed by atoms with Gasteiger partial charge in [-0.1, -0.05) is 38.1 Å². The number of rotatable bonds is 13. The number of benzene rings is 2. The van der Waals surface area contributed by atoms with E-state index in [1.165, 1.54) is 24.3 Å². The average molecular weight is 547 g/mol. The highest BCUT2D eigenvalue weighted by atomic mass is 32.1. The Labute approximate surface area is 226 Å². The molecule has 12 heteroatoms. The monoisotopic (exact) mass is 546 g/mol. The van der Waals surface area contributed by atoms with E-state index in [9.17, 15) is 34.5 Å². The summed E-state index contributed by atoms with van der Waals surface area (Å²) >= 11 is 3.96. The molecule has 0 heterocycles. The maximum Gasteiger partial charge on any atom is 0.327 e. The highest BCUT2D eigenvalue weighted by Crippen LogP contribution is 2.14. The summed E-state index contributed by atoms with van der Waals surface area (Å²) in [6, 6.07) is 7.51. The summed E-state index contributed by atoms with van der Waals surface area (Å²) in [5.41, 5.74) is 7.17. The summed E-state index contributed by atoms with van der Waals surface area (Å²) in [5, 5.41) is 36.1. The zero-order valence-electron chi connectivity index (χ0n) is 21.1. The number of nitrogens with two attached hydrogens (primary N) is 1. The Kier molecular flexibility index (Phi) is 11.4. The summed E-state index contributed by atoms with van der Waals surface area (Å²) in [6.45, 7) is 3.52. The predicted molar refractivity (Wildman–Crippen MR) is 144 cm³/mol. The van der Waals surface area contributed by atoms with Crippen LogP contribution in [0.5, 0.6) is 11.5 Å². The van der Waals surface area contributed by atoms with E-state index < -0.39 is 47.9 Å². The van der Waals surface area contributed by atoms with E-state index in [1.54, 1.807) is 38.1 Å². The zero-order chi connectivity index (χ0) is 28.4. The lowest BCUT2D eigenvalue weighted by atomic mass is 10.0. The van der Waals surface area contributed by atoms with Crippen LogP contribution in [-0.4, -0.2) is 68.9 Å². The fraction of sp³-hybridized carbons (Fsp3) is 0.385. The number of carboxylic acids is 1. The normalized spacial score (nSPS) is 14.1. The fourth-order valence-corrected chi connectivity index (χ4v) is 3.70. The number of carbonyl (C=O) groups is 4. The van der Waals surface area contributed by atoms with Crippen LogP contribution in [0.1, 0.15) is 25.0 Å². The number of phenols is 2. The fourth-order valence-electron chi connectivity index (χ4n) is 3.45. The van der Waals surface area contributed by atoms with Crippen LogP contribution in [0.25, 0.3) is 0 Å². The molecule has 0 aliphatic rings. The van der Waals surface area contributed by atoms with Gasteiger partial charge in [-0.15, -0.1) is 0 Å². The van der Waals surface area contributed by atoms with Gasteiger partial charge in [-0.05, 0) is 41.3 Å². The first-order valence-electron chi connectivity index (χ1n) is 12.0. The van der Waals surface area contributed by atoms with Crippen LogP contribution in [0.2, 0.25) is 0 Å². The first kappa shape index (κ1) is 30.5. The Morgan fingerprint density at radius 1 is 0.737 bits per heavy atom. The van der Waals surface area contributed by atoms with Gasteiger partial charge in [-0.2, -0.15) is 12.6 Å². The van der Waals surface area contributed by atoms with Crippen molar-refractivity contribution < 1.29 is 34.5 Å². The molecule has 0 aliphatic heterocycles. The molecule has 0 bridgehead atoms. The first-order valence-corrected chi connectivity index (χ1v) is 12.6. The van der Waals surface area contributed by atoms with Crippen molar-refractivity contribution in [2.75, 3.05) is 5.75 Å². The zero-order valence-corrected chi connectivity index (χ0v) is 22.0. The molecule has 0 radical (unpaired) electrons. The lowest BCUT2D eigenvalue weighted by Crippen LogP contribution is -2.58. The van der Waals surface area contributed by atoms with Crippen molar-refractivity contribution in [3.8, 4) is 11.5 Å². The summed E-state index contributed by atoms with van der Waals surface area (Å²) < 4.78 is 0. The Hall–Kier alpha value is -3.77. The van der Waals surface area contributed by atoms with E-state index >= 15 is 0 Å². The van der Waals surface area contributed by atoms with Gasteiger partial charge >= 0.3 is 5.97 Å². The molecule has 0 saturated carbocycles. The van der Waals surface area contributed by atoms with Gasteiger partial charge < -0.3 is 37.0 Å². The van der Waals surface area contributed by atoms with Gasteiger partial charge in [0.25, 0.3) is 0 Å². The van der Waals surface area contributed by atoms with Crippen molar-refractivity contribution in [3.05, 3.63) is 59.7 Å². The molecule has 3 amide bonds. The number of amides is 3. The minimum atomic E-state index is -1.29. The number of hydrogen-bond acceptors (Lipinski definition) is 8. The number of phenolic OH excluding ortho intramolecular Hbond substituents is 2. The van der Waals surface area contributed by atoms with Crippen molar-refractivity contribution in [1.29, 1.82) is 0 Å². The Morgan fingerprint density at radius 2 is 1.11 bits per heavy atom. The second-order valence-electron chi connectivity index (χ2n) is 9.22. The van der Waals surface area contributed by atoms with Crippen LogP contribution < -0.4 is 21.7 Å². The third-order valence-electron chi connectivity index (χ3n) is 5.84. The lowest BCUT2D eigenvalue weighted by molar-refractivity contribution is -0.141. The molecule has 0 saturated heterocycles. The van der Waals surface area contributed by atoms with Crippen molar-refractivity contribution in [3.63, 3.8) is 0 Å². The highest BCUT2D eigenvalue weighted by molar-refractivity contribution is 7.80. The standard InChI is InChI=1S/C26H34N4O7S/c1-14(2)22(27)25(35)29-20(12-16-5-9-18(32)10-6-16)23(33)28-19(11-15-3-7-17(31)8-4-15)24(34)30-21(13-38)26(36)37/h3-10,14,19-22,31-32,38H,11-13,27H2,1-2H3,(H,28,33)(H,29,35)(H,30,34)(H,36,37)/t19-,20-,21-,22-/m0/s1. The van der Waals surface area contributed by atoms with Gasteiger partial charge in [0.2, 0.25) is 17.7 Å². The number of aliphatic carboxylic acids is 1. The number of thiol groups is 1. The van der Waals surface area contributed by atoms with Crippen LogP contribution in [0, 0.1) is 5.92 Å². The minimum absolute atomic E-state index is 0.0120. The molecule has 2 aromatic carbocycles. The molecule has 0 spiro atoms. The molecular formula is C26H34N4O7S. The van der Waals surface area contributed by atoms with Crippen LogP contribution >= 0.6 is 12.6 Å². The Bertz CT molecular complexity index is 1110. The van der Waals surface area contributed by atoms with Crippen molar-refractivity contribution in [2.45, 2.75) is 50.9 Å². The van der Waals surface area contributed by atoms with Crippen LogP contribution in [-0.2, 0) is 32.0 Å². The third-order valence-corrected chi connectivity index (χ3v) is 6.20. The Morgan fingerprint density at radius 3 is 1.45 bits per heavy atom. The summed E-state index contributed by atoms with van der Waals surface area (Å²) in [6.07, 6.45) is 0.00670. The van der Waals surface area contributed by atoms with E-state index in [1.807, 2.05) is 0 Å². The smallest absolute Gasteiger partial charge is 0.327 e. The van der Waals surface area contributed by atoms with Gasteiger partial charge in [0, 0.05) is 18.6 Å². The minimum Gasteiger partial charge on any atom is -0.508 e. The topological polar surface area (TPSA) is 191 Å². The first-order chi connectivity index (χ1) is 17.9. The molecule has 2 aromatic rings. The molecule has 2 rings (SSSR count). The molecule has 206 valence electrons. The number of carboxylic acid groups (broad SMARTS) is 1. The number of aromatic hydroxyl groups is 2. The highest BCUT2D eigenvalue weighted by Gasteiger charge is 2.31. The molecule has 11 nitrogen and oxygen atoms in total. The van der Waals surface area contributed by atoms with Gasteiger partial charge in [-0.25, -0.2) is 4.79 Å². The lowest BCUT2D eigenvalue weighted by Gasteiger charge is -2.26. The Balaban J connectivity index is 2.32. The molecule has 8 N–H and O–H groups in total. The molecule has 0 aromatic heterocycles. The summed E-state index contributed by atoms with van der Waals surface area (Å²) in [7, 11) is 0. The molecule has 0 aliphatic carbocycles. The quantitative estimate of drug-likeness (QED) is 0.165. The van der Waals surface area contributed by atoms with E-state index in [2.05, 4.69) is 28.6 Å². The predicted octanol–water partition coefficient (Wildman–Crippen LogP) is 0.335. The number of hydrogen-bond donors (Lipinski definition) is 8. The van der Waals surface area contributed by atoms with E-state index in [0.717, 1.165) is 0 Å². The van der Waals surface area contributed by atoms with Gasteiger partial charge in [0.1, 0.15) is 29.6 Å². The summed E-state index contributed by atoms with van der Waals surface area (Å²) in [5.74, 6) is -3.63.